The van der Waals surface area contributed by atoms with Gasteiger partial charge < -0.3 is 20.5 Å². The van der Waals surface area contributed by atoms with E-state index in [2.05, 4.69) is 34.9 Å². The molecule has 2 aromatic rings. The molecule has 7 nitrogen and oxygen atoms in total. The molecular weight excluding hydrogens is 444 g/mol. The lowest BCUT2D eigenvalue weighted by Crippen LogP contribution is -2.51. The van der Waals surface area contributed by atoms with Crippen molar-refractivity contribution in [2.24, 2.45) is 17.8 Å². The van der Waals surface area contributed by atoms with Gasteiger partial charge >= 0.3 is 12.1 Å². The van der Waals surface area contributed by atoms with Crippen molar-refractivity contribution < 1.29 is 24.2 Å². The Morgan fingerprint density at radius 3 is 2.17 bits per heavy atom. The number of carboxylic acids is 1. The van der Waals surface area contributed by atoms with Crippen LogP contribution in [0.4, 0.5) is 4.79 Å². The minimum atomic E-state index is -0.805. The van der Waals surface area contributed by atoms with E-state index in [9.17, 15) is 19.5 Å². The Kier molecular flexibility index (Phi) is 7.73. The van der Waals surface area contributed by atoms with E-state index in [-0.39, 0.29) is 30.3 Å². The molecule has 0 radical (unpaired) electrons. The molecule has 3 atom stereocenters. The van der Waals surface area contributed by atoms with Gasteiger partial charge in [0.15, 0.2) is 0 Å². The van der Waals surface area contributed by atoms with Gasteiger partial charge in [-0.3, -0.25) is 9.59 Å². The van der Waals surface area contributed by atoms with Crippen molar-refractivity contribution in [2.45, 2.75) is 51.5 Å². The van der Waals surface area contributed by atoms with Crippen LogP contribution < -0.4 is 10.6 Å². The summed E-state index contributed by atoms with van der Waals surface area (Å²) in [5.74, 6) is -1.86. The van der Waals surface area contributed by atoms with E-state index in [4.69, 9.17) is 4.74 Å². The van der Waals surface area contributed by atoms with Crippen LogP contribution in [0.15, 0.2) is 48.5 Å². The van der Waals surface area contributed by atoms with Crippen LogP contribution >= 0.6 is 0 Å². The fraction of sp³-hybridized carbons (Fsp3) is 0.464. The summed E-state index contributed by atoms with van der Waals surface area (Å²) in [5.41, 5.74) is 4.55. The number of aliphatic carboxylic acids is 1. The van der Waals surface area contributed by atoms with Gasteiger partial charge in [0.1, 0.15) is 12.6 Å². The van der Waals surface area contributed by atoms with Crippen LogP contribution in [0.1, 0.15) is 56.6 Å². The summed E-state index contributed by atoms with van der Waals surface area (Å²) in [6, 6.07) is 15.5. The lowest BCUT2D eigenvalue weighted by molar-refractivity contribution is -0.145. The molecule has 1 fully saturated rings. The summed E-state index contributed by atoms with van der Waals surface area (Å²) in [4.78, 5) is 37.1. The molecule has 4 rings (SSSR count). The van der Waals surface area contributed by atoms with E-state index in [1.807, 2.05) is 38.1 Å². The first-order chi connectivity index (χ1) is 16.9. The molecule has 0 unspecified atom stereocenters. The van der Waals surface area contributed by atoms with Crippen molar-refractivity contribution in [3.8, 4) is 11.1 Å². The highest BCUT2D eigenvalue weighted by atomic mass is 16.5. The highest BCUT2D eigenvalue weighted by molar-refractivity contribution is 5.86. The third-order valence-corrected chi connectivity index (χ3v) is 7.33. The number of carbonyl (C=O) groups excluding carboxylic acids is 2. The van der Waals surface area contributed by atoms with Gasteiger partial charge in [-0.2, -0.15) is 0 Å². The van der Waals surface area contributed by atoms with E-state index in [0.29, 0.717) is 13.0 Å². The van der Waals surface area contributed by atoms with Gasteiger partial charge in [-0.15, -0.1) is 0 Å². The number of amides is 2. The largest absolute Gasteiger partial charge is 0.481 e. The molecule has 3 N–H and O–H groups in total. The molecule has 2 aliphatic carbocycles. The first-order valence-corrected chi connectivity index (χ1v) is 12.5. The van der Waals surface area contributed by atoms with Gasteiger partial charge in [-0.1, -0.05) is 75.2 Å². The molecule has 0 aromatic heterocycles. The van der Waals surface area contributed by atoms with Gasteiger partial charge in [0.2, 0.25) is 5.91 Å². The van der Waals surface area contributed by atoms with Crippen molar-refractivity contribution in [3.63, 3.8) is 0 Å². The van der Waals surface area contributed by atoms with E-state index in [0.717, 1.165) is 41.5 Å². The van der Waals surface area contributed by atoms with Gasteiger partial charge in [-0.25, -0.2) is 4.79 Å². The minimum absolute atomic E-state index is 0.0567. The third-order valence-electron chi connectivity index (χ3n) is 7.33. The molecule has 0 aliphatic heterocycles. The molecule has 7 heteroatoms. The number of benzene rings is 2. The zero-order valence-corrected chi connectivity index (χ0v) is 20.3. The van der Waals surface area contributed by atoms with Crippen molar-refractivity contribution in [1.29, 1.82) is 0 Å². The van der Waals surface area contributed by atoms with Crippen LogP contribution in [0.3, 0.4) is 0 Å². The van der Waals surface area contributed by atoms with Crippen LogP contribution in [0.5, 0.6) is 0 Å². The maximum atomic E-state index is 12.9. The smallest absolute Gasteiger partial charge is 0.407 e. The van der Waals surface area contributed by atoms with Crippen LogP contribution in [0, 0.1) is 17.8 Å². The predicted molar refractivity (Wildman–Crippen MR) is 133 cm³/mol. The summed E-state index contributed by atoms with van der Waals surface area (Å²) in [7, 11) is 0. The number of alkyl carbamates (subject to hydrolysis) is 1. The molecule has 35 heavy (non-hydrogen) atoms. The van der Waals surface area contributed by atoms with Gasteiger partial charge in [-0.05, 0) is 46.9 Å². The minimum Gasteiger partial charge on any atom is -0.481 e. The fourth-order valence-corrected chi connectivity index (χ4v) is 5.42. The second-order valence-electron chi connectivity index (χ2n) is 9.93. The van der Waals surface area contributed by atoms with Crippen LogP contribution in [-0.4, -0.2) is 42.3 Å². The average molecular weight is 479 g/mol. The molecule has 0 heterocycles. The summed E-state index contributed by atoms with van der Waals surface area (Å²) in [6.45, 7) is 4.18. The number of nitrogens with one attached hydrogen (secondary N) is 2. The van der Waals surface area contributed by atoms with Crippen LogP contribution in [-0.2, 0) is 14.3 Å². The topological polar surface area (TPSA) is 105 Å². The van der Waals surface area contributed by atoms with Gasteiger partial charge in [0.25, 0.3) is 0 Å². The van der Waals surface area contributed by atoms with Crippen molar-refractivity contribution in [3.05, 3.63) is 59.7 Å². The van der Waals surface area contributed by atoms with Crippen molar-refractivity contribution in [2.75, 3.05) is 13.2 Å². The van der Waals surface area contributed by atoms with Crippen LogP contribution in [0.2, 0.25) is 0 Å². The first-order valence-electron chi connectivity index (χ1n) is 12.5. The maximum absolute atomic E-state index is 12.9. The normalized spacial score (nSPS) is 20.0. The number of carbonyl (C=O) groups is 3. The van der Waals surface area contributed by atoms with E-state index >= 15 is 0 Å². The first kappa shape index (κ1) is 24.8. The molecule has 0 spiro atoms. The number of hydrogen-bond acceptors (Lipinski definition) is 4. The Morgan fingerprint density at radius 1 is 0.971 bits per heavy atom. The van der Waals surface area contributed by atoms with Crippen LogP contribution in [0.25, 0.3) is 11.1 Å². The summed E-state index contributed by atoms with van der Waals surface area (Å²) < 4.78 is 5.61. The number of ether oxygens (including phenoxy) is 1. The molecule has 0 bridgehead atoms. The molecule has 2 aromatic carbocycles. The summed E-state index contributed by atoms with van der Waals surface area (Å²) >= 11 is 0. The Labute approximate surface area is 206 Å². The zero-order valence-electron chi connectivity index (χ0n) is 20.3. The second-order valence-corrected chi connectivity index (χ2v) is 9.93. The highest BCUT2D eigenvalue weighted by Gasteiger charge is 2.33. The van der Waals surface area contributed by atoms with Gasteiger partial charge in [0.05, 0.1) is 5.92 Å². The third kappa shape index (κ3) is 5.50. The number of rotatable bonds is 8. The zero-order chi connectivity index (χ0) is 24.9. The fourth-order valence-electron chi connectivity index (χ4n) is 5.42. The molecule has 2 amide bonds. The summed E-state index contributed by atoms with van der Waals surface area (Å²) in [6.07, 6.45) is 2.65. The quantitative estimate of drug-likeness (QED) is 0.516. The molecular formula is C28H34N2O5. The Balaban J connectivity index is 1.35. The van der Waals surface area contributed by atoms with E-state index in [1.54, 1.807) is 0 Å². The van der Waals surface area contributed by atoms with Gasteiger partial charge in [0, 0.05) is 12.5 Å². The standard InChI is InChI=1S/C28H34N2O5/c1-17(2)25(26(31)29-15-18-9-3-4-10-19(18)27(32)33)30-28(34)35-16-24-22-13-7-5-11-20(22)21-12-6-8-14-23(21)24/h5-8,11-14,17-19,24-25H,3-4,9-10,15-16H2,1-2H3,(H,29,31)(H,30,34)(H,32,33)/t18-,19-,25-/m0/s1. The monoisotopic (exact) mass is 478 g/mol. The Morgan fingerprint density at radius 2 is 1.57 bits per heavy atom. The summed E-state index contributed by atoms with van der Waals surface area (Å²) in [5, 5.41) is 15.1. The molecule has 0 saturated heterocycles. The second kappa shape index (κ2) is 10.9. The SMILES string of the molecule is CC(C)[C@H](NC(=O)OCC1c2ccccc2-c2ccccc21)C(=O)NC[C@@H]1CCCC[C@@H]1C(=O)O. The lowest BCUT2D eigenvalue weighted by Gasteiger charge is -2.29. The predicted octanol–water partition coefficient (Wildman–Crippen LogP) is 4.56. The number of carboxylic acid groups (broad SMARTS) is 1. The molecule has 186 valence electrons. The van der Waals surface area contributed by atoms with E-state index < -0.39 is 24.0 Å². The number of hydrogen-bond donors (Lipinski definition) is 3. The molecule has 1 saturated carbocycles. The number of fused-ring (bicyclic) bond motifs is 3. The van der Waals surface area contributed by atoms with Crippen molar-refractivity contribution >= 4 is 18.0 Å². The average Bonchev–Trinajstić information content (AvgIpc) is 3.18. The van der Waals surface area contributed by atoms with E-state index in [1.165, 1.54) is 0 Å². The lowest BCUT2D eigenvalue weighted by atomic mass is 9.79. The maximum Gasteiger partial charge on any atom is 0.407 e. The van der Waals surface area contributed by atoms with Crippen molar-refractivity contribution in [1.82, 2.24) is 10.6 Å². The highest BCUT2D eigenvalue weighted by Crippen LogP contribution is 2.44. The Bertz CT molecular complexity index is 1040. The Hall–Kier alpha value is -3.35. The molecule has 2 aliphatic rings.